The van der Waals surface area contributed by atoms with Gasteiger partial charge in [-0.15, -0.1) is 0 Å². The molecule has 1 fully saturated rings. The number of benzene rings is 1. The van der Waals surface area contributed by atoms with Crippen LogP contribution in [0.25, 0.3) is 0 Å². The SMILES string of the molecule is COC(=O)C1=NN[C@H]2C(=O)N(c3ccccc3C)C(=O)[C@@H]12. The van der Waals surface area contributed by atoms with Gasteiger partial charge in [0.25, 0.3) is 5.91 Å². The Morgan fingerprint density at radius 2 is 2.00 bits per heavy atom. The van der Waals surface area contributed by atoms with Crippen molar-refractivity contribution < 1.29 is 19.1 Å². The topological polar surface area (TPSA) is 88.1 Å². The van der Waals surface area contributed by atoms with Gasteiger partial charge < -0.3 is 4.74 Å². The standard InChI is InChI=1S/C14H13N3O4/c1-7-5-3-4-6-8(7)17-12(18)9-10(13(17)19)15-16-11(9)14(20)21-2/h3-6,9-10,15H,1-2H3/t9-,10-/m1/s1. The summed E-state index contributed by atoms with van der Waals surface area (Å²) in [6.45, 7) is 1.81. The van der Waals surface area contributed by atoms with Gasteiger partial charge in [-0.05, 0) is 18.6 Å². The summed E-state index contributed by atoms with van der Waals surface area (Å²) in [4.78, 5) is 37.7. The summed E-state index contributed by atoms with van der Waals surface area (Å²) in [7, 11) is 1.21. The van der Waals surface area contributed by atoms with Gasteiger partial charge in [-0.3, -0.25) is 15.0 Å². The highest BCUT2D eigenvalue weighted by molar-refractivity contribution is 6.46. The predicted molar refractivity (Wildman–Crippen MR) is 73.5 cm³/mol. The monoisotopic (exact) mass is 287 g/mol. The number of aryl methyl sites for hydroxylation is 1. The number of hydrogen-bond acceptors (Lipinski definition) is 6. The third-order valence-electron chi connectivity index (χ3n) is 3.68. The number of esters is 1. The van der Waals surface area contributed by atoms with E-state index < -0.39 is 29.7 Å². The molecule has 0 aromatic heterocycles. The number of carbonyl (C=O) groups is 3. The molecule has 0 saturated carbocycles. The maximum atomic E-state index is 12.6. The van der Waals surface area contributed by atoms with Crippen molar-refractivity contribution >= 4 is 29.2 Å². The number of nitrogens with one attached hydrogen (secondary N) is 1. The summed E-state index contributed by atoms with van der Waals surface area (Å²) in [5.41, 5.74) is 3.82. The molecular formula is C14H13N3O4. The molecule has 1 N–H and O–H groups in total. The molecule has 0 radical (unpaired) electrons. The number of ether oxygens (including phenoxy) is 1. The fourth-order valence-corrected chi connectivity index (χ4v) is 2.61. The van der Waals surface area contributed by atoms with E-state index in [1.54, 1.807) is 12.1 Å². The van der Waals surface area contributed by atoms with E-state index in [4.69, 9.17) is 0 Å². The third kappa shape index (κ3) is 1.81. The fourth-order valence-electron chi connectivity index (χ4n) is 2.61. The summed E-state index contributed by atoms with van der Waals surface area (Å²) < 4.78 is 4.60. The van der Waals surface area contributed by atoms with E-state index in [9.17, 15) is 14.4 Å². The van der Waals surface area contributed by atoms with Crippen molar-refractivity contribution in [1.82, 2.24) is 5.43 Å². The van der Waals surface area contributed by atoms with E-state index >= 15 is 0 Å². The van der Waals surface area contributed by atoms with E-state index in [-0.39, 0.29) is 5.71 Å². The second-order valence-electron chi connectivity index (χ2n) is 4.87. The number of hydrogen-bond donors (Lipinski definition) is 1. The van der Waals surface area contributed by atoms with Crippen LogP contribution in [0.2, 0.25) is 0 Å². The van der Waals surface area contributed by atoms with Crippen molar-refractivity contribution in [3.05, 3.63) is 29.8 Å². The molecule has 2 aliphatic heterocycles. The zero-order chi connectivity index (χ0) is 15.1. The van der Waals surface area contributed by atoms with Crippen LogP contribution in [-0.4, -0.2) is 36.6 Å². The van der Waals surface area contributed by atoms with Gasteiger partial charge in [-0.25, -0.2) is 9.69 Å². The van der Waals surface area contributed by atoms with Crippen LogP contribution in [-0.2, 0) is 19.1 Å². The zero-order valence-electron chi connectivity index (χ0n) is 11.5. The van der Waals surface area contributed by atoms with Gasteiger partial charge in [0.15, 0.2) is 5.71 Å². The molecule has 0 aliphatic carbocycles. The number of anilines is 1. The second kappa shape index (κ2) is 4.69. The highest BCUT2D eigenvalue weighted by Gasteiger charge is 2.55. The molecule has 2 heterocycles. The molecule has 108 valence electrons. The molecule has 3 rings (SSSR count). The number of nitrogens with zero attached hydrogens (tertiary/aromatic N) is 2. The smallest absolute Gasteiger partial charge is 0.355 e. The average Bonchev–Trinajstić information content (AvgIpc) is 3.01. The first-order chi connectivity index (χ1) is 10.1. The van der Waals surface area contributed by atoms with Crippen LogP contribution in [0.3, 0.4) is 0 Å². The number of imide groups is 1. The first-order valence-electron chi connectivity index (χ1n) is 6.41. The van der Waals surface area contributed by atoms with Crippen molar-refractivity contribution in [2.75, 3.05) is 12.0 Å². The van der Waals surface area contributed by atoms with E-state index in [0.29, 0.717) is 5.69 Å². The Kier molecular flexibility index (Phi) is 2.97. The number of methoxy groups -OCH3 is 1. The minimum Gasteiger partial charge on any atom is -0.464 e. The van der Waals surface area contributed by atoms with Gasteiger partial charge in [-0.1, -0.05) is 18.2 Å². The molecule has 7 nitrogen and oxygen atoms in total. The lowest BCUT2D eigenvalue weighted by Crippen LogP contribution is -2.36. The van der Waals surface area contributed by atoms with Gasteiger partial charge >= 0.3 is 5.97 Å². The molecule has 1 aromatic rings. The molecule has 1 aromatic carbocycles. The van der Waals surface area contributed by atoms with Crippen molar-refractivity contribution in [2.45, 2.75) is 13.0 Å². The Labute approximate surface area is 120 Å². The van der Waals surface area contributed by atoms with Crippen molar-refractivity contribution in [2.24, 2.45) is 11.0 Å². The van der Waals surface area contributed by atoms with E-state index in [2.05, 4.69) is 15.3 Å². The molecule has 2 amide bonds. The number of rotatable bonds is 2. The maximum absolute atomic E-state index is 12.6. The van der Waals surface area contributed by atoms with Crippen molar-refractivity contribution in [3.63, 3.8) is 0 Å². The van der Waals surface area contributed by atoms with Crippen LogP contribution in [0, 0.1) is 12.8 Å². The highest BCUT2D eigenvalue weighted by Crippen LogP contribution is 2.32. The molecule has 1 saturated heterocycles. The van der Waals surface area contributed by atoms with E-state index in [0.717, 1.165) is 10.5 Å². The highest BCUT2D eigenvalue weighted by atomic mass is 16.5. The Hall–Kier alpha value is -2.70. The Morgan fingerprint density at radius 1 is 1.29 bits per heavy atom. The largest absolute Gasteiger partial charge is 0.464 e. The predicted octanol–water partition coefficient (Wildman–Crippen LogP) is -0.0148. The first kappa shape index (κ1) is 13.3. The van der Waals surface area contributed by atoms with Gasteiger partial charge in [0.2, 0.25) is 5.91 Å². The molecular weight excluding hydrogens is 274 g/mol. The van der Waals surface area contributed by atoms with E-state index in [1.165, 1.54) is 7.11 Å². The summed E-state index contributed by atoms with van der Waals surface area (Å²) in [5.74, 6) is -2.51. The van der Waals surface area contributed by atoms with Crippen LogP contribution in [0.5, 0.6) is 0 Å². The quantitative estimate of drug-likeness (QED) is 0.610. The van der Waals surface area contributed by atoms with Crippen LogP contribution < -0.4 is 10.3 Å². The van der Waals surface area contributed by atoms with Crippen LogP contribution in [0.4, 0.5) is 5.69 Å². The van der Waals surface area contributed by atoms with Crippen LogP contribution in [0.1, 0.15) is 5.56 Å². The molecule has 0 unspecified atom stereocenters. The summed E-state index contributed by atoms with van der Waals surface area (Å²) >= 11 is 0. The lowest BCUT2D eigenvalue weighted by molar-refractivity contribution is -0.133. The van der Waals surface area contributed by atoms with E-state index in [1.807, 2.05) is 19.1 Å². The number of hydrazone groups is 1. The van der Waals surface area contributed by atoms with Gasteiger partial charge in [0.05, 0.1) is 12.8 Å². The van der Waals surface area contributed by atoms with Crippen molar-refractivity contribution in [1.29, 1.82) is 0 Å². The molecule has 7 heteroatoms. The van der Waals surface area contributed by atoms with Gasteiger partial charge in [0, 0.05) is 0 Å². The second-order valence-corrected chi connectivity index (χ2v) is 4.87. The number of amides is 2. The summed E-state index contributed by atoms with van der Waals surface area (Å²) in [5, 5.41) is 3.77. The summed E-state index contributed by atoms with van der Waals surface area (Å²) in [6.07, 6.45) is 0. The molecule has 2 atom stereocenters. The van der Waals surface area contributed by atoms with Gasteiger partial charge in [-0.2, -0.15) is 5.10 Å². The van der Waals surface area contributed by atoms with Crippen molar-refractivity contribution in [3.8, 4) is 0 Å². The molecule has 0 bridgehead atoms. The fraction of sp³-hybridized carbons (Fsp3) is 0.286. The third-order valence-corrected chi connectivity index (χ3v) is 3.68. The first-order valence-corrected chi connectivity index (χ1v) is 6.41. The maximum Gasteiger partial charge on any atom is 0.355 e. The molecule has 21 heavy (non-hydrogen) atoms. The Bertz CT molecular complexity index is 683. The zero-order valence-corrected chi connectivity index (χ0v) is 11.5. The average molecular weight is 287 g/mol. The lowest BCUT2D eigenvalue weighted by atomic mass is 9.99. The lowest BCUT2D eigenvalue weighted by Gasteiger charge is -2.17. The number of carbonyl (C=O) groups excluding carboxylic acids is 3. The normalized spacial score (nSPS) is 23.7. The molecule has 0 spiro atoms. The van der Waals surface area contributed by atoms with Crippen LogP contribution in [0.15, 0.2) is 29.4 Å². The number of fused-ring (bicyclic) bond motifs is 1. The number of para-hydroxylation sites is 1. The minimum absolute atomic E-state index is 0.0584. The Morgan fingerprint density at radius 3 is 2.67 bits per heavy atom. The minimum atomic E-state index is -0.926. The summed E-state index contributed by atoms with van der Waals surface area (Å²) in [6, 6.07) is 6.24. The Balaban J connectivity index is 2.00. The van der Waals surface area contributed by atoms with Crippen LogP contribution >= 0.6 is 0 Å². The molecule has 2 aliphatic rings. The van der Waals surface area contributed by atoms with Gasteiger partial charge in [0.1, 0.15) is 12.0 Å².